The summed E-state index contributed by atoms with van der Waals surface area (Å²) in [7, 11) is -3.54. The third kappa shape index (κ3) is 4.18. The molecule has 0 fully saturated rings. The Morgan fingerprint density at radius 3 is 2.62 bits per heavy atom. The van der Waals surface area contributed by atoms with E-state index < -0.39 is 10.2 Å². The quantitative estimate of drug-likeness (QED) is 0.718. The minimum atomic E-state index is -3.54. The Morgan fingerprint density at radius 2 is 2.06 bits per heavy atom. The van der Waals surface area contributed by atoms with E-state index in [2.05, 4.69) is 9.44 Å². The van der Waals surface area contributed by atoms with Crippen molar-refractivity contribution in [1.82, 2.24) is 4.72 Å². The second kappa shape index (κ2) is 5.29. The van der Waals surface area contributed by atoms with E-state index in [4.69, 9.17) is 5.11 Å². The molecule has 0 bridgehead atoms. The van der Waals surface area contributed by atoms with Crippen molar-refractivity contribution in [3.8, 4) is 0 Å². The number of anilines is 1. The van der Waals surface area contributed by atoms with Crippen LogP contribution in [0.1, 0.15) is 19.4 Å². The lowest BCUT2D eigenvalue weighted by atomic mass is 10.2. The Bertz CT molecular complexity index is 443. The Kier molecular flexibility index (Phi) is 4.28. The van der Waals surface area contributed by atoms with Crippen LogP contribution in [0.3, 0.4) is 0 Å². The second-order valence-electron chi connectivity index (χ2n) is 3.74. The van der Waals surface area contributed by atoms with Gasteiger partial charge in [-0.2, -0.15) is 13.1 Å². The third-order valence-electron chi connectivity index (χ3n) is 1.75. The van der Waals surface area contributed by atoms with Gasteiger partial charge in [-0.25, -0.2) is 0 Å². The molecule has 0 aliphatic rings. The van der Waals surface area contributed by atoms with Gasteiger partial charge in [0.2, 0.25) is 0 Å². The molecule has 0 unspecified atom stereocenters. The van der Waals surface area contributed by atoms with Gasteiger partial charge in [0.15, 0.2) is 0 Å². The minimum absolute atomic E-state index is 0.118. The summed E-state index contributed by atoms with van der Waals surface area (Å²) >= 11 is 0. The summed E-state index contributed by atoms with van der Waals surface area (Å²) in [6.07, 6.45) is 0. The van der Waals surface area contributed by atoms with Crippen LogP contribution in [0.15, 0.2) is 24.3 Å². The molecule has 1 aromatic rings. The molecule has 90 valence electrons. The fourth-order valence-electron chi connectivity index (χ4n) is 1.23. The fraction of sp³-hybridized carbons (Fsp3) is 0.400. The van der Waals surface area contributed by atoms with Crippen LogP contribution in [0.5, 0.6) is 0 Å². The highest BCUT2D eigenvalue weighted by molar-refractivity contribution is 7.90. The molecule has 0 saturated heterocycles. The van der Waals surface area contributed by atoms with E-state index in [0.717, 1.165) is 0 Å². The van der Waals surface area contributed by atoms with Gasteiger partial charge in [-0.15, -0.1) is 0 Å². The minimum Gasteiger partial charge on any atom is -0.392 e. The summed E-state index contributed by atoms with van der Waals surface area (Å²) in [6, 6.07) is 6.43. The zero-order valence-corrected chi connectivity index (χ0v) is 10.1. The molecule has 3 N–H and O–H groups in total. The van der Waals surface area contributed by atoms with Gasteiger partial charge < -0.3 is 5.11 Å². The first kappa shape index (κ1) is 13.0. The molecule has 0 aromatic heterocycles. The van der Waals surface area contributed by atoms with Crippen LogP contribution in [-0.2, 0) is 16.8 Å². The summed E-state index contributed by atoms with van der Waals surface area (Å²) in [5.74, 6) is 0. The van der Waals surface area contributed by atoms with Crippen molar-refractivity contribution in [2.45, 2.75) is 26.5 Å². The Morgan fingerprint density at radius 1 is 1.38 bits per heavy atom. The lowest BCUT2D eigenvalue weighted by molar-refractivity contribution is 0.282. The van der Waals surface area contributed by atoms with Crippen LogP contribution in [0.4, 0.5) is 5.69 Å². The highest BCUT2D eigenvalue weighted by atomic mass is 32.2. The monoisotopic (exact) mass is 244 g/mol. The van der Waals surface area contributed by atoms with Crippen molar-refractivity contribution in [3.05, 3.63) is 29.8 Å². The lowest BCUT2D eigenvalue weighted by Crippen LogP contribution is -2.35. The molecule has 0 atom stereocenters. The van der Waals surface area contributed by atoms with Crippen molar-refractivity contribution in [3.63, 3.8) is 0 Å². The van der Waals surface area contributed by atoms with Gasteiger partial charge >= 0.3 is 0 Å². The third-order valence-corrected chi connectivity index (χ3v) is 3.04. The molecule has 0 amide bonds. The largest absolute Gasteiger partial charge is 0.392 e. The van der Waals surface area contributed by atoms with Gasteiger partial charge in [-0.1, -0.05) is 12.1 Å². The van der Waals surface area contributed by atoms with Crippen molar-refractivity contribution >= 4 is 15.9 Å². The summed E-state index contributed by atoms with van der Waals surface area (Å²) in [6.45, 7) is 3.36. The molecule has 0 aliphatic heterocycles. The van der Waals surface area contributed by atoms with Crippen LogP contribution in [0.2, 0.25) is 0 Å². The Hall–Kier alpha value is -1.11. The van der Waals surface area contributed by atoms with E-state index in [1.54, 1.807) is 38.1 Å². The van der Waals surface area contributed by atoms with Crippen LogP contribution < -0.4 is 9.44 Å². The standard InChI is InChI=1S/C10H16N2O3S/c1-8(2)11-16(14,15)12-10-5-3-4-9(6-10)7-13/h3-6,8,11-13H,7H2,1-2H3. The Labute approximate surface area is 95.7 Å². The first-order chi connectivity index (χ1) is 7.43. The van der Waals surface area contributed by atoms with Crippen LogP contribution in [0, 0.1) is 0 Å². The van der Waals surface area contributed by atoms with Gasteiger partial charge in [-0.05, 0) is 31.5 Å². The predicted octanol–water partition coefficient (Wildman–Crippen LogP) is 0.834. The maximum absolute atomic E-state index is 11.5. The number of aliphatic hydroxyl groups excluding tert-OH is 1. The highest BCUT2D eigenvalue weighted by Crippen LogP contribution is 2.11. The zero-order valence-electron chi connectivity index (χ0n) is 9.27. The molecule has 5 nitrogen and oxygen atoms in total. The lowest BCUT2D eigenvalue weighted by Gasteiger charge is -2.12. The van der Waals surface area contributed by atoms with Gasteiger partial charge in [0, 0.05) is 6.04 Å². The fourth-order valence-corrected chi connectivity index (χ4v) is 2.34. The molecular formula is C10H16N2O3S. The van der Waals surface area contributed by atoms with E-state index in [1.807, 2.05) is 0 Å². The number of nitrogens with one attached hydrogen (secondary N) is 2. The number of hydrogen-bond donors (Lipinski definition) is 3. The smallest absolute Gasteiger partial charge is 0.299 e. The molecule has 1 aromatic carbocycles. The topological polar surface area (TPSA) is 78.4 Å². The van der Waals surface area contributed by atoms with Crippen molar-refractivity contribution < 1.29 is 13.5 Å². The average Bonchev–Trinajstić information content (AvgIpc) is 2.15. The van der Waals surface area contributed by atoms with Crippen molar-refractivity contribution in [2.24, 2.45) is 0 Å². The molecule has 0 saturated carbocycles. The summed E-state index contributed by atoms with van der Waals surface area (Å²) in [5, 5.41) is 8.91. The van der Waals surface area contributed by atoms with E-state index >= 15 is 0 Å². The van der Waals surface area contributed by atoms with Gasteiger partial charge in [0.05, 0.1) is 12.3 Å². The predicted molar refractivity (Wildman–Crippen MR) is 63.2 cm³/mol. The summed E-state index contributed by atoms with van der Waals surface area (Å²) in [4.78, 5) is 0. The van der Waals surface area contributed by atoms with Crippen molar-refractivity contribution in [1.29, 1.82) is 0 Å². The number of rotatable bonds is 5. The molecule has 1 rings (SSSR count). The first-order valence-corrected chi connectivity index (χ1v) is 6.41. The SMILES string of the molecule is CC(C)NS(=O)(=O)Nc1cccc(CO)c1. The summed E-state index contributed by atoms with van der Waals surface area (Å²) in [5.41, 5.74) is 1.09. The maximum atomic E-state index is 11.5. The van der Waals surface area contributed by atoms with E-state index in [1.165, 1.54) is 0 Å². The second-order valence-corrected chi connectivity index (χ2v) is 5.18. The number of hydrogen-bond acceptors (Lipinski definition) is 3. The molecular weight excluding hydrogens is 228 g/mol. The number of aliphatic hydroxyl groups is 1. The Balaban J connectivity index is 2.80. The molecule has 0 radical (unpaired) electrons. The van der Waals surface area contributed by atoms with Crippen LogP contribution >= 0.6 is 0 Å². The first-order valence-electron chi connectivity index (χ1n) is 4.93. The van der Waals surface area contributed by atoms with Gasteiger partial charge in [0.1, 0.15) is 0 Å². The molecule has 6 heteroatoms. The average molecular weight is 244 g/mol. The van der Waals surface area contributed by atoms with Crippen molar-refractivity contribution in [2.75, 3.05) is 4.72 Å². The van der Waals surface area contributed by atoms with Crippen LogP contribution in [0.25, 0.3) is 0 Å². The van der Waals surface area contributed by atoms with Gasteiger partial charge in [0.25, 0.3) is 10.2 Å². The molecule has 0 heterocycles. The maximum Gasteiger partial charge on any atom is 0.299 e. The molecule has 0 spiro atoms. The molecule has 0 aliphatic carbocycles. The van der Waals surface area contributed by atoms with E-state index in [9.17, 15) is 8.42 Å². The summed E-state index contributed by atoms with van der Waals surface area (Å²) < 4.78 is 27.8. The van der Waals surface area contributed by atoms with E-state index in [-0.39, 0.29) is 12.6 Å². The zero-order chi connectivity index (χ0) is 12.2. The number of benzene rings is 1. The highest BCUT2D eigenvalue weighted by Gasteiger charge is 2.10. The van der Waals surface area contributed by atoms with E-state index in [0.29, 0.717) is 11.3 Å². The van der Waals surface area contributed by atoms with Gasteiger partial charge in [-0.3, -0.25) is 4.72 Å². The van der Waals surface area contributed by atoms with Crippen LogP contribution in [-0.4, -0.2) is 19.6 Å². The molecule has 16 heavy (non-hydrogen) atoms. The normalized spacial score (nSPS) is 11.8.